The highest BCUT2D eigenvalue weighted by molar-refractivity contribution is 5.88. The average Bonchev–Trinajstić information content (AvgIpc) is 2.94. The lowest BCUT2D eigenvalue weighted by molar-refractivity contribution is 0.0695. The largest absolute Gasteiger partial charge is 0.478 e. The second-order valence-electron chi connectivity index (χ2n) is 4.59. The van der Waals surface area contributed by atoms with Crippen LogP contribution in [0.1, 0.15) is 41.1 Å². The van der Waals surface area contributed by atoms with Gasteiger partial charge >= 0.3 is 5.97 Å². The summed E-state index contributed by atoms with van der Waals surface area (Å²) in [7, 11) is 0. The van der Waals surface area contributed by atoms with E-state index in [0.717, 1.165) is 32.4 Å². The molecule has 2 rings (SSSR count). The van der Waals surface area contributed by atoms with Crippen molar-refractivity contribution in [2.75, 3.05) is 13.2 Å². The normalized spacial score (nSPS) is 19.3. The topological polar surface area (TPSA) is 71.7 Å². The molecule has 0 radical (unpaired) electrons. The zero-order valence-corrected chi connectivity index (χ0v) is 10.6. The number of carboxylic acids is 1. The first kappa shape index (κ1) is 13.1. The Balaban J connectivity index is 1.72. The fourth-order valence-corrected chi connectivity index (χ4v) is 2.19. The molecular weight excluding hydrogens is 234 g/mol. The van der Waals surface area contributed by atoms with Crippen LogP contribution in [0.2, 0.25) is 0 Å². The molecule has 1 unspecified atom stereocenters. The summed E-state index contributed by atoms with van der Waals surface area (Å²) >= 11 is 0. The van der Waals surface area contributed by atoms with Crippen molar-refractivity contribution in [2.24, 2.45) is 0 Å². The van der Waals surface area contributed by atoms with Crippen molar-refractivity contribution in [3.63, 3.8) is 0 Å². The van der Waals surface area contributed by atoms with Crippen molar-refractivity contribution in [2.45, 2.75) is 38.8 Å². The molecule has 0 saturated carbocycles. The zero-order valence-electron chi connectivity index (χ0n) is 10.6. The Kier molecular flexibility index (Phi) is 4.38. The number of hydrogen-bond acceptors (Lipinski definition) is 4. The van der Waals surface area contributed by atoms with Gasteiger partial charge < -0.3 is 19.6 Å². The SMILES string of the molecule is Cc1oc(CNCCC2CCCO2)cc1C(=O)O. The van der Waals surface area contributed by atoms with Gasteiger partial charge in [-0.15, -0.1) is 0 Å². The van der Waals surface area contributed by atoms with Crippen LogP contribution in [-0.2, 0) is 11.3 Å². The molecule has 0 bridgehead atoms. The fraction of sp³-hybridized carbons (Fsp3) is 0.615. The third kappa shape index (κ3) is 3.34. The van der Waals surface area contributed by atoms with Crippen LogP contribution in [0.4, 0.5) is 0 Å². The number of nitrogens with one attached hydrogen (secondary N) is 1. The number of ether oxygens (including phenoxy) is 1. The minimum Gasteiger partial charge on any atom is -0.478 e. The summed E-state index contributed by atoms with van der Waals surface area (Å²) in [5.74, 6) is 0.178. The molecule has 5 heteroatoms. The minimum atomic E-state index is -0.943. The first-order chi connectivity index (χ1) is 8.66. The summed E-state index contributed by atoms with van der Waals surface area (Å²) in [5.41, 5.74) is 0.242. The van der Waals surface area contributed by atoms with Gasteiger partial charge in [0, 0.05) is 6.61 Å². The van der Waals surface area contributed by atoms with Crippen LogP contribution in [0, 0.1) is 6.92 Å². The highest BCUT2D eigenvalue weighted by Gasteiger charge is 2.15. The Labute approximate surface area is 106 Å². The maximum atomic E-state index is 10.8. The summed E-state index contributed by atoms with van der Waals surface area (Å²) in [4.78, 5) is 10.8. The molecule has 0 amide bonds. The molecule has 1 atom stereocenters. The molecule has 18 heavy (non-hydrogen) atoms. The van der Waals surface area contributed by atoms with E-state index in [1.54, 1.807) is 13.0 Å². The number of furan rings is 1. The summed E-state index contributed by atoms with van der Waals surface area (Å²) < 4.78 is 10.9. The number of hydrogen-bond donors (Lipinski definition) is 2. The molecule has 1 aliphatic rings. The molecule has 2 heterocycles. The van der Waals surface area contributed by atoms with Crippen LogP contribution in [0.15, 0.2) is 10.5 Å². The Morgan fingerprint density at radius 3 is 3.06 bits per heavy atom. The van der Waals surface area contributed by atoms with Gasteiger partial charge in [0.05, 0.1) is 12.6 Å². The number of aromatic carboxylic acids is 1. The first-order valence-corrected chi connectivity index (χ1v) is 6.31. The van der Waals surface area contributed by atoms with Gasteiger partial charge in [-0.2, -0.15) is 0 Å². The summed E-state index contributed by atoms with van der Waals surface area (Å²) in [6.45, 7) is 3.96. The Bertz CT molecular complexity index is 407. The van der Waals surface area contributed by atoms with E-state index in [1.165, 1.54) is 0 Å². The predicted octanol–water partition coefficient (Wildman–Crippen LogP) is 1.94. The smallest absolute Gasteiger partial charge is 0.339 e. The van der Waals surface area contributed by atoms with Gasteiger partial charge in [-0.1, -0.05) is 0 Å². The number of carbonyl (C=O) groups is 1. The third-order valence-corrected chi connectivity index (χ3v) is 3.17. The number of rotatable bonds is 6. The molecule has 0 aromatic carbocycles. The number of aryl methyl sites for hydroxylation is 1. The maximum Gasteiger partial charge on any atom is 0.339 e. The lowest BCUT2D eigenvalue weighted by atomic mass is 10.2. The van der Waals surface area contributed by atoms with Crippen molar-refractivity contribution in [1.82, 2.24) is 5.32 Å². The molecule has 1 saturated heterocycles. The lowest BCUT2D eigenvalue weighted by Crippen LogP contribution is -2.19. The quantitative estimate of drug-likeness (QED) is 0.758. The van der Waals surface area contributed by atoms with Gasteiger partial charge in [-0.25, -0.2) is 4.79 Å². The van der Waals surface area contributed by atoms with Crippen LogP contribution in [0.5, 0.6) is 0 Å². The van der Waals surface area contributed by atoms with E-state index < -0.39 is 5.97 Å². The molecule has 2 N–H and O–H groups in total. The summed E-state index contributed by atoms with van der Waals surface area (Å²) in [6.07, 6.45) is 3.67. The van der Waals surface area contributed by atoms with E-state index >= 15 is 0 Å². The van der Waals surface area contributed by atoms with Crippen molar-refractivity contribution < 1.29 is 19.1 Å². The van der Waals surface area contributed by atoms with Gasteiger partial charge in [-0.3, -0.25) is 0 Å². The van der Waals surface area contributed by atoms with E-state index in [0.29, 0.717) is 24.2 Å². The Morgan fingerprint density at radius 1 is 1.61 bits per heavy atom. The highest BCUT2D eigenvalue weighted by Crippen LogP contribution is 2.16. The Morgan fingerprint density at radius 2 is 2.44 bits per heavy atom. The van der Waals surface area contributed by atoms with Crippen LogP contribution < -0.4 is 5.32 Å². The predicted molar refractivity (Wildman–Crippen MR) is 65.7 cm³/mol. The van der Waals surface area contributed by atoms with Crippen LogP contribution in [-0.4, -0.2) is 30.3 Å². The monoisotopic (exact) mass is 253 g/mol. The van der Waals surface area contributed by atoms with Crippen LogP contribution in [0.3, 0.4) is 0 Å². The Hall–Kier alpha value is -1.33. The lowest BCUT2D eigenvalue weighted by Gasteiger charge is -2.08. The van der Waals surface area contributed by atoms with Gasteiger partial charge in [0.2, 0.25) is 0 Å². The summed E-state index contributed by atoms with van der Waals surface area (Å²) in [5, 5.41) is 12.1. The molecule has 1 aromatic heterocycles. The zero-order chi connectivity index (χ0) is 13.0. The average molecular weight is 253 g/mol. The van der Waals surface area contributed by atoms with E-state index in [1.807, 2.05) is 0 Å². The van der Waals surface area contributed by atoms with Crippen molar-refractivity contribution >= 4 is 5.97 Å². The van der Waals surface area contributed by atoms with E-state index in [-0.39, 0.29) is 5.56 Å². The van der Waals surface area contributed by atoms with Crippen molar-refractivity contribution in [3.05, 3.63) is 23.2 Å². The summed E-state index contributed by atoms with van der Waals surface area (Å²) in [6, 6.07) is 1.58. The third-order valence-electron chi connectivity index (χ3n) is 3.17. The second kappa shape index (κ2) is 6.02. The van der Waals surface area contributed by atoms with Crippen molar-refractivity contribution in [3.8, 4) is 0 Å². The minimum absolute atomic E-state index is 0.242. The van der Waals surface area contributed by atoms with Crippen molar-refractivity contribution in [1.29, 1.82) is 0 Å². The standard InChI is InChI=1S/C13H19NO4/c1-9-12(13(15)16)7-11(18-9)8-14-5-4-10-3-2-6-17-10/h7,10,14H,2-6,8H2,1H3,(H,15,16). The molecule has 1 aromatic rings. The van der Waals surface area contributed by atoms with Gasteiger partial charge in [0.1, 0.15) is 17.1 Å². The van der Waals surface area contributed by atoms with Crippen LogP contribution in [0.25, 0.3) is 0 Å². The fourth-order valence-electron chi connectivity index (χ4n) is 2.19. The van der Waals surface area contributed by atoms with E-state index in [9.17, 15) is 4.79 Å². The molecule has 1 aliphatic heterocycles. The molecule has 5 nitrogen and oxygen atoms in total. The molecule has 1 fully saturated rings. The highest BCUT2D eigenvalue weighted by atomic mass is 16.5. The molecule has 0 spiro atoms. The van der Waals surface area contributed by atoms with Gasteiger partial charge in [0.15, 0.2) is 0 Å². The first-order valence-electron chi connectivity index (χ1n) is 6.31. The molecule has 0 aliphatic carbocycles. The van der Waals surface area contributed by atoms with E-state index in [4.69, 9.17) is 14.3 Å². The second-order valence-corrected chi connectivity index (χ2v) is 4.59. The van der Waals surface area contributed by atoms with Gasteiger partial charge in [0.25, 0.3) is 0 Å². The molecule has 100 valence electrons. The molecular formula is C13H19NO4. The number of carboxylic acid groups (broad SMARTS) is 1. The van der Waals surface area contributed by atoms with Gasteiger partial charge in [-0.05, 0) is 38.8 Å². The van der Waals surface area contributed by atoms with E-state index in [2.05, 4.69) is 5.32 Å². The van der Waals surface area contributed by atoms with Crippen LogP contribution >= 0.6 is 0 Å². The maximum absolute atomic E-state index is 10.8.